The molecule has 0 unspecified atom stereocenters. The topological polar surface area (TPSA) is 90.3 Å². The molecule has 0 aliphatic heterocycles. The first-order valence-electron chi connectivity index (χ1n) is 7.99. The number of benzene rings is 2. The van der Waals surface area contributed by atoms with E-state index in [1.54, 1.807) is 31.2 Å². The number of likely N-dealkylation sites (N-methyl/N-ethyl adjacent to an activating group) is 1. The lowest BCUT2D eigenvalue weighted by Crippen LogP contribution is -2.38. The molecular formula is C18H17Cl2N3O3S. The standard InChI is InChI=1S/C18H17Cl2N3O3S/c1-2-23(27(25,26)17-11-14(19)5-8-16(17)20)12-18(24)22-15-6-3-13(4-7-15)9-10-21/h3-8,11H,2,9,12H2,1H3,(H,22,24). The monoisotopic (exact) mass is 425 g/mol. The molecule has 0 spiro atoms. The third-order valence-electron chi connectivity index (χ3n) is 3.70. The van der Waals surface area contributed by atoms with Crippen LogP contribution in [-0.2, 0) is 21.2 Å². The molecule has 0 saturated carbocycles. The van der Waals surface area contributed by atoms with E-state index in [0.29, 0.717) is 5.69 Å². The van der Waals surface area contributed by atoms with Crippen LogP contribution in [0.3, 0.4) is 0 Å². The Balaban J connectivity index is 2.14. The largest absolute Gasteiger partial charge is 0.325 e. The molecule has 9 heteroatoms. The van der Waals surface area contributed by atoms with Gasteiger partial charge in [-0.25, -0.2) is 8.42 Å². The third kappa shape index (κ3) is 5.44. The Morgan fingerprint density at radius 3 is 2.44 bits per heavy atom. The Kier molecular flexibility index (Phi) is 7.22. The van der Waals surface area contributed by atoms with Gasteiger partial charge in [0.2, 0.25) is 15.9 Å². The van der Waals surface area contributed by atoms with Crippen molar-refractivity contribution in [1.29, 1.82) is 5.26 Å². The first kappa shape index (κ1) is 21.2. The number of amides is 1. The Bertz CT molecular complexity index is 970. The summed E-state index contributed by atoms with van der Waals surface area (Å²) in [5.41, 5.74) is 1.33. The number of nitrogens with one attached hydrogen (secondary N) is 1. The van der Waals surface area contributed by atoms with Gasteiger partial charge in [-0.15, -0.1) is 0 Å². The molecule has 0 radical (unpaired) electrons. The van der Waals surface area contributed by atoms with Crippen molar-refractivity contribution in [3.63, 3.8) is 0 Å². The Labute approximate surface area is 168 Å². The number of hydrogen-bond donors (Lipinski definition) is 1. The second-order valence-corrected chi connectivity index (χ2v) is 8.34. The molecule has 0 aromatic heterocycles. The molecule has 0 saturated heterocycles. The predicted molar refractivity (Wildman–Crippen MR) is 105 cm³/mol. The number of carbonyl (C=O) groups is 1. The molecule has 2 aromatic rings. The zero-order chi connectivity index (χ0) is 20.0. The summed E-state index contributed by atoms with van der Waals surface area (Å²) in [7, 11) is -3.99. The maximum Gasteiger partial charge on any atom is 0.245 e. The van der Waals surface area contributed by atoms with Gasteiger partial charge < -0.3 is 5.32 Å². The summed E-state index contributed by atoms with van der Waals surface area (Å²) >= 11 is 11.9. The number of carbonyl (C=O) groups excluding carboxylic acids is 1. The predicted octanol–water partition coefficient (Wildman–Crippen LogP) is 3.71. The van der Waals surface area contributed by atoms with E-state index in [2.05, 4.69) is 5.32 Å². The smallest absolute Gasteiger partial charge is 0.245 e. The van der Waals surface area contributed by atoms with Crippen molar-refractivity contribution in [2.75, 3.05) is 18.4 Å². The van der Waals surface area contributed by atoms with Crippen LogP contribution >= 0.6 is 23.2 Å². The van der Waals surface area contributed by atoms with Crippen molar-refractivity contribution in [2.24, 2.45) is 0 Å². The lowest BCUT2D eigenvalue weighted by atomic mass is 10.1. The minimum atomic E-state index is -3.99. The molecule has 6 nitrogen and oxygen atoms in total. The third-order valence-corrected chi connectivity index (χ3v) is 6.34. The zero-order valence-electron chi connectivity index (χ0n) is 14.4. The van der Waals surface area contributed by atoms with Crippen molar-refractivity contribution in [1.82, 2.24) is 4.31 Å². The number of sulfonamides is 1. The van der Waals surface area contributed by atoms with E-state index in [1.165, 1.54) is 18.2 Å². The first-order valence-corrected chi connectivity index (χ1v) is 10.2. The van der Waals surface area contributed by atoms with Crippen molar-refractivity contribution >= 4 is 44.8 Å². The highest BCUT2D eigenvalue weighted by Gasteiger charge is 2.27. The van der Waals surface area contributed by atoms with Crippen LogP contribution in [0.15, 0.2) is 47.4 Å². The number of halogens is 2. The SMILES string of the molecule is CCN(CC(=O)Nc1ccc(CC#N)cc1)S(=O)(=O)c1cc(Cl)ccc1Cl. The summed E-state index contributed by atoms with van der Waals surface area (Å²) in [6, 6.07) is 12.9. The van der Waals surface area contributed by atoms with Gasteiger partial charge in [-0.3, -0.25) is 4.79 Å². The second kappa shape index (κ2) is 9.20. The average Bonchev–Trinajstić information content (AvgIpc) is 2.63. The van der Waals surface area contributed by atoms with Gasteiger partial charge in [0.1, 0.15) is 4.90 Å². The fourth-order valence-electron chi connectivity index (χ4n) is 2.34. The van der Waals surface area contributed by atoms with E-state index < -0.39 is 15.9 Å². The van der Waals surface area contributed by atoms with Crippen LogP contribution in [0.5, 0.6) is 0 Å². The summed E-state index contributed by atoms with van der Waals surface area (Å²) in [4.78, 5) is 12.1. The van der Waals surface area contributed by atoms with Crippen LogP contribution in [0, 0.1) is 11.3 Å². The van der Waals surface area contributed by atoms with Gasteiger partial charge >= 0.3 is 0 Å². The van der Waals surface area contributed by atoms with Crippen LogP contribution in [0.4, 0.5) is 5.69 Å². The molecule has 1 amide bonds. The van der Waals surface area contributed by atoms with Gasteiger partial charge in [0, 0.05) is 17.3 Å². The lowest BCUT2D eigenvalue weighted by Gasteiger charge is -2.21. The highest BCUT2D eigenvalue weighted by atomic mass is 35.5. The summed E-state index contributed by atoms with van der Waals surface area (Å²) in [5.74, 6) is -0.494. The summed E-state index contributed by atoms with van der Waals surface area (Å²) < 4.78 is 26.6. The normalized spacial score (nSPS) is 11.2. The van der Waals surface area contributed by atoms with Crippen molar-refractivity contribution in [2.45, 2.75) is 18.2 Å². The Morgan fingerprint density at radius 1 is 1.19 bits per heavy atom. The van der Waals surface area contributed by atoms with Crippen LogP contribution in [-0.4, -0.2) is 31.7 Å². The van der Waals surface area contributed by atoms with E-state index in [1.807, 2.05) is 6.07 Å². The molecular weight excluding hydrogens is 409 g/mol. The maximum absolute atomic E-state index is 12.8. The van der Waals surface area contributed by atoms with Gasteiger partial charge in [0.15, 0.2) is 0 Å². The number of nitriles is 1. The Morgan fingerprint density at radius 2 is 1.85 bits per heavy atom. The van der Waals surface area contributed by atoms with Gasteiger partial charge in [-0.05, 0) is 35.9 Å². The van der Waals surface area contributed by atoms with E-state index in [9.17, 15) is 13.2 Å². The van der Waals surface area contributed by atoms with Crippen LogP contribution in [0.1, 0.15) is 12.5 Å². The first-order chi connectivity index (χ1) is 12.8. The lowest BCUT2D eigenvalue weighted by molar-refractivity contribution is -0.116. The van der Waals surface area contributed by atoms with Gasteiger partial charge in [0.25, 0.3) is 0 Å². The maximum atomic E-state index is 12.8. The summed E-state index contributed by atoms with van der Waals surface area (Å²) in [6.45, 7) is 1.33. The molecule has 0 heterocycles. The summed E-state index contributed by atoms with van der Waals surface area (Å²) in [5, 5.41) is 11.6. The van der Waals surface area contributed by atoms with Crippen LogP contribution in [0.2, 0.25) is 10.0 Å². The minimum absolute atomic E-state index is 0.0336. The van der Waals surface area contributed by atoms with Crippen molar-refractivity contribution in [3.05, 3.63) is 58.1 Å². The fraction of sp³-hybridized carbons (Fsp3) is 0.222. The van der Waals surface area contributed by atoms with Gasteiger partial charge in [-0.2, -0.15) is 9.57 Å². The zero-order valence-corrected chi connectivity index (χ0v) is 16.8. The van der Waals surface area contributed by atoms with E-state index in [4.69, 9.17) is 28.5 Å². The van der Waals surface area contributed by atoms with Crippen molar-refractivity contribution in [3.8, 4) is 6.07 Å². The number of rotatable bonds is 7. The molecule has 0 aliphatic rings. The number of nitrogens with zero attached hydrogens (tertiary/aromatic N) is 2. The molecule has 0 atom stereocenters. The van der Waals surface area contributed by atoms with E-state index >= 15 is 0 Å². The molecule has 0 bridgehead atoms. The minimum Gasteiger partial charge on any atom is -0.325 e. The van der Waals surface area contributed by atoms with Gasteiger partial charge in [-0.1, -0.05) is 42.3 Å². The van der Waals surface area contributed by atoms with Crippen LogP contribution in [0.25, 0.3) is 0 Å². The highest BCUT2D eigenvalue weighted by Crippen LogP contribution is 2.27. The van der Waals surface area contributed by atoms with Crippen molar-refractivity contribution < 1.29 is 13.2 Å². The molecule has 0 aliphatic carbocycles. The number of hydrogen-bond acceptors (Lipinski definition) is 4. The van der Waals surface area contributed by atoms with E-state index in [-0.39, 0.29) is 34.5 Å². The van der Waals surface area contributed by atoms with Gasteiger partial charge in [0.05, 0.1) is 24.1 Å². The molecule has 0 fully saturated rings. The molecule has 2 rings (SSSR count). The fourth-order valence-corrected chi connectivity index (χ4v) is 4.48. The van der Waals surface area contributed by atoms with Crippen LogP contribution < -0.4 is 5.32 Å². The molecule has 27 heavy (non-hydrogen) atoms. The number of anilines is 1. The summed E-state index contributed by atoms with van der Waals surface area (Å²) in [6.07, 6.45) is 0.274. The molecule has 1 N–H and O–H groups in total. The average molecular weight is 426 g/mol. The quantitative estimate of drug-likeness (QED) is 0.731. The highest BCUT2D eigenvalue weighted by molar-refractivity contribution is 7.89. The van der Waals surface area contributed by atoms with E-state index in [0.717, 1.165) is 9.87 Å². The molecule has 142 valence electrons. The molecule has 2 aromatic carbocycles. The Hall–Kier alpha value is -2.11. The second-order valence-electron chi connectivity index (χ2n) is 5.59.